The highest BCUT2D eigenvalue weighted by Crippen LogP contribution is 2.19. The van der Waals surface area contributed by atoms with Crippen LogP contribution in [0.4, 0.5) is 8.78 Å². The van der Waals surface area contributed by atoms with Crippen molar-refractivity contribution in [3.8, 4) is 0 Å². The van der Waals surface area contributed by atoms with E-state index in [0.29, 0.717) is 13.1 Å². The maximum Gasteiger partial charge on any atom is 0.227 e. The highest BCUT2D eigenvalue weighted by atomic mass is 35.5. The summed E-state index contributed by atoms with van der Waals surface area (Å²) in [5.74, 6) is -1.55. The molecular weight excluding hydrogens is 352 g/mol. The number of nitrogens with zero attached hydrogens (tertiary/aromatic N) is 1. The fourth-order valence-corrected chi connectivity index (χ4v) is 2.94. The van der Waals surface area contributed by atoms with Crippen molar-refractivity contribution in [2.75, 3.05) is 19.6 Å². The van der Waals surface area contributed by atoms with Crippen LogP contribution in [0.15, 0.2) is 18.2 Å². The molecule has 0 saturated carbocycles. The van der Waals surface area contributed by atoms with Crippen molar-refractivity contribution in [1.82, 2.24) is 10.2 Å². The minimum atomic E-state index is -0.588. The van der Waals surface area contributed by atoms with Crippen LogP contribution >= 0.6 is 12.4 Å². The van der Waals surface area contributed by atoms with E-state index in [-0.39, 0.29) is 55.2 Å². The Morgan fingerprint density at radius 2 is 2.04 bits per heavy atom. The smallest absolute Gasteiger partial charge is 0.227 e. The first kappa shape index (κ1) is 21.3. The van der Waals surface area contributed by atoms with Gasteiger partial charge in [0.25, 0.3) is 0 Å². The summed E-state index contributed by atoms with van der Waals surface area (Å²) in [7, 11) is 0. The van der Waals surface area contributed by atoms with E-state index in [9.17, 15) is 18.4 Å². The lowest BCUT2D eigenvalue weighted by molar-refractivity contribution is -0.134. The van der Waals surface area contributed by atoms with E-state index >= 15 is 0 Å². The molecule has 1 atom stereocenters. The molecule has 1 aromatic rings. The zero-order chi connectivity index (χ0) is 17.5. The molecule has 0 radical (unpaired) electrons. The molecule has 0 aromatic heterocycles. The lowest BCUT2D eigenvalue weighted by Gasteiger charge is -2.36. The first-order valence-electron chi connectivity index (χ1n) is 8.21. The van der Waals surface area contributed by atoms with Gasteiger partial charge in [0.2, 0.25) is 11.8 Å². The van der Waals surface area contributed by atoms with E-state index < -0.39 is 11.6 Å². The highest BCUT2D eigenvalue weighted by molar-refractivity contribution is 5.85. The van der Waals surface area contributed by atoms with Crippen LogP contribution in [0.25, 0.3) is 0 Å². The van der Waals surface area contributed by atoms with Gasteiger partial charge in [-0.25, -0.2) is 8.78 Å². The van der Waals surface area contributed by atoms with Gasteiger partial charge in [-0.05, 0) is 37.5 Å². The van der Waals surface area contributed by atoms with Crippen LogP contribution in [0, 0.1) is 11.6 Å². The van der Waals surface area contributed by atoms with Crippen LogP contribution in [-0.2, 0) is 16.0 Å². The lowest BCUT2D eigenvalue weighted by Crippen LogP contribution is -2.50. The molecule has 5 nitrogen and oxygen atoms in total. The van der Waals surface area contributed by atoms with Crippen LogP contribution < -0.4 is 11.1 Å². The van der Waals surface area contributed by atoms with E-state index in [4.69, 9.17) is 5.73 Å². The molecule has 1 aliphatic heterocycles. The van der Waals surface area contributed by atoms with Crippen molar-refractivity contribution in [3.63, 3.8) is 0 Å². The van der Waals surface area contributed by atoms with Crippen molar-refractivity contribution in [2.24, 2.45) is 5.73 Å². The predicted octanol–water partition coefficient (Wildman–Crippen LogP) is 1.78. The topological polar surface area (TPSA) is 75.4 Å². The van der Waals surface area contributed by atoms with Crippen LogP contribution in [0.5, 0.6) is 0 Å². The predicted molar refractivity (Wildman–Crippen MR) is 93.3 cm³/mol. The summed E-state index contributed by atoms with van der Waals surface area (Å²) in [5.41, 5.74) is 5.39. The highest BCUT2D eigenvalue weighted by Gasteiger charge is 2.27. The molecule has 1 heterocycles. The number of carbonyl (C=O) groups is 2. The molecule has 25 heavy (non-hydrogen) atoms. The summed E-state index contributed by atoms with van der Waals surface area (Å²) >= 11 is 0. The zero-order valence-corrected chi connectivity index (χ0v) is 14.8. The monoisotopic (exact) mass is 375 g/mol. The first-order chi connectivity index (χ1) is 11.5. The fraction of sp³-hybridized carbons (Fsp3) is 0.529. The second-order valence-electron chi connectivity index (χ2n) is 5.99. The average molecular weight is 376 g/mol. The number of benzene rings is 1. The number of nitrogens with one attached hydrogen (secondary N) is 1. The molecule has 8 heteroatoms. The van der Waals surface area contributed by atoms with Gasteiger partial charge in [0.1, 0.15) is 11.6 Å². The average Bonchev–Trinajstić information content (AvgIpc) is 2.57. The number of amides is 2. The van der Waals surface area contributed by atoms with E-state index in [1.54, 1.807) is 4.90 Å². The number of rotatable bonds is 6. The van der Waals surface area contributed by atoms with Crippen molar-refractivity contribution >= 4 is 24.2 Å². The molecule has 3 N–H and O–H groups in total. The molecule has 1 aromatic carbocycles. The fourth-order valence-electron chi connectivity index (χ4n) is 2.94. The maximum atomic E-state index is 13.7. The van der Waals surface area contributed by atoms with Crippen molar-refractivity contribution in [1.29, 1.82) is 0 Å². The molecule has 0 spiro atoms. The molecule has 0 aliphatic carbocycles. The minimum Gasteiger partial charge on any atom is -0.354 e. The van der Waals surface area contributed by atoms with E-state index in [1.165, 1.54) is 0 Å². The Kier molecular flexibility index (Phi) is 8.78. The lowest BCUT2D eigenvalue weighted by atomic mass is 10.0. The summed E-state index contributed by atoms with van der Waals surface area (Å²) < 4.78 is 27.0. The van der Waals surface area contributed by atoms with E-state index in [2.05, 4.69) is 5.32 Å². The van der Waals surface area contributed by atoms with Gasteiger partial charge >= 0.3 is 0 Å². The number of hydrogen-bond donors (Lipinski definition) is 2. The molecule has 1 fully saturated rings. The molecule has 0 bridgehead atoms. The maximum absolute atomic E-state index is 13.7. The summed E-state index contributed by atoms with van der Waals surface area (Å²) in [5, 5.41) is 2.78. The number of halogens is 3. The molecule has 1 aliphatic rings. The Labute approximate surface area is 152 Å². The molecule has 1 unspecified atom stereocenters. The Morgan fingerprint density at radius 1 is 1.28 bits per heavy atom. The third kappa shape index (κ3) is 6.25. The first-order valence-corrected chi connectivity index (χ1v) is 8.21. The summed E-state index contributed by atoms with van der Waals surface area (Å²) in [6.45, 7) is 1.20. The Hall–Kier alpha value is -1.73. The largest absolute Gasteiger partial charge is 0.354 e. The van der Waals surface area contributed by atoms with Gasteiger partial charge < -0.3 is 16.0 Å². The number of nitrogens with two attached hydrogens (primary N) is 1. The van der Waals surface area contributed by atoms with E-state index in [1.807, 2.05) is 0 Å². The number of carbonyl (C=O) groups excluding carboxylic acids is 2. The van der Waals surface area contributed by atoms with Crippen LogP contribution in [0.1, 0.15) is 31.2 Å². The van der Waals surface area contributed by atoms with Gasteiger partial charge in [-0.1, -0.05) is 0 Å². The van der Waals surface area contributed by atoms with Gasteiger partial charge in [-0.2, -0.15) is 0 Å². The van der Waals surface area contributed by atoms with Crippen molar-refractivity contribution in [2.45, 2.75) is 38.1 Å². The van der Waals surface area contributed by atoms with Crippen molar-refractivity contribution in [3.05, 3.63) is 35.4 Å². The number of likely N-dealkylation sites (tertiary alicyclic amines) is 1. The molecule has 2 amide bonds. The van der Waals surface area contributed by atoms with Gasteiger partial charge in [0, 0.05) is 37.7 Å². The summed E-state index contributed by atoms with van der Waals surface area (Å²) in [6.07, 6.45) is 2.67. The summed E-state index contributed by atoms with van der Waals surface area (Å²) in [4.78, 5) is 25.7. The SMILES string of the molecule is Cl.NCCC(=O)NCC1CCCCN1C(=O)Cc1cc(F)ccc1F. The van der Waals surface area contributed by atoms with E-state index in [0.717, 1.165) is 37.5 Å². The second-order valence-corrected chi connectivity index (χ2v) is 5.99. The molecular formula is C17H24ClF2N3O2. The van der Waals surface area contributed by atoms with Crippen molar-refractivity contribution < 1.29 is 18.4 Å². The Morgan fingerprint density at radius 3 is 2.76 bits per heavy atom. The standard InChI is InChI=1S/C17H23F2N3O2.ClH/c18-13-4-5-15(19)12(9-13)10-17(24)22-8-2-1-3-14(22)11-21-16(23)6-7-20;/h4-5,9,14H,1-3,6-8,10-11,20H2,(H,21,23);1H. The second kappa shape index (κ2) is 10.3. The van der Waals surface area contributed by atoms with Gasteiger partial charge in [-0.15, -0.1) is 12.4 Å². The van der Waals surface area contributed by atoms with Crippen LogP contribution in [0.2, 0.25) is 0 Å². The van der Waals surface area contributed by atoms with Gasteiger partial charge in [0.15, 0.2) is 0 Å². The Bertz CT molecular complexity index is 601. The van der Waals surface area contributed by atoms with Gasteiger partial charge in [0.05, 0.1) is 6.42 Å². The minimum absolute atomic E-state index is 0. The third-order valence-electron chi connectivity index (χ3n) is 4.20. The third-order valence-corrected chi connectivity index (χ3v) is 4.20. The molecule has 140 valence electrons. The van der Waals surface area contributed by atoms with Crippen LogP contribution in [-0.4, -0.2) is 42.4 Å². The normalized spacial score (nSPS) is 16.9. The Balaban J connectivity index is 0.00000312. The number of piperidine rings is 1. The quantitative estimate of drug-likeness (QED) is 0.795. The zero-order valence-electron chi connectivity index (χ0n) is 14.0. The molecule has 2 rings (SSSR count). The van der Waals surface area contributed by atoms with Crippen LogP contribution in [0.3, 0.4) is 0 Å². The number of hydrogen-bond acceptors (Lipinski definition) is 3. The molecule has 1 saturated heterocycles. The summed E-state index contributed by atoms with van der Waals surface area (Å²) in [6, 6.07) is 2.98. The van der Waals surface area contributed by atoms with Gasteiger partial charge in [-0.3, -0.25) is 9.59 Å².